The van der Waals surface area contributed by atoms with E-state index in [9.17, 15) is 13.6 Å². The highest BCUT2D eigenvalue weighted by molar-refractivity contribution is 7.78. The predicted octanol–water partition coefficient (Wildman–Crippen LogP) is 5.94. The van der Waals surface area contributed by atoms with Gasteiger partial charge in [-0.15, -0.1) is 5.10 Å². The summed E-state index contributed by atoms with van der Waals surface area (Å²) in [5, 5.41) is 11.5. The number of methoxy groups -OCH3 is 3. The molecule has 14 nitrogen and oxygen atoms in total. The van der Waals surface area contributed by atoms with Gasteiger partial charge in [0.15, 0.2) is 22.5 Å². The number of amides is 1. The number of nitrogens with one attached hydrogen (secondary N) is 1. The predicted molar refractivity (Wildman–Crippen MR) is 197 cm³/mol. The second-order valence-electron chi connectivity index (χ2n) is 11.5. The van der Waals surface area contributed by atoms with Gasteiger partial charge in [-0.05, 0) is 65.2 Å². The van der Waals surface area contributed by atoms with Gasteiger partial charge in [0, 0.05) is 11.3 Å². The maximum atomic E-state index is 14.0. The molecular weight excluding hydrogens is 701 g/mol. The zero-order chi connectivity index (χ0) is 37.2. The summed E-state index contributed by atoms with van der Waals surface area (Å²) in [7, 11) is 4.77. The van der Waals surface area contributed by atoms with E-state index >= 15 is 0 Å². The number of rotatable bonds is 16. The van der Waals surface area contributed by atoms with Crippen molar-refractivity contribution in [3.63, 3.8) is 0 Å². The number of hydrogen-bond donors (Lipinski definition) is 2. The van der Waals surface area contributed by atoms with Gasteiger partial charge in [-0.1, -0.05) is 53.7 Å². The molecule has 6 rings (SSSR count). The Morgan fingerprint density at radius 3 is 1.68 bits per heavy atom. The van der Waals surface area contributed by atoms with Crippen LogP contribution in [0.3, 0.4) is 0 Å². The minimum atomic E-state index is -2.28. The molecule has 15 heteroatoms. The summed E-state index contributed by atoms with van der Waals surface area (Å²) in [4.78, 5) is 22.8. The van der Waals surface area contributed by atoms with Crippen molar-refractivity contribution in [3.05, 3.63) is 131 Å². The molecule has 0 aliphatic rings. The molecule has 2 aromatic heterocycles. The zero-order valence-electron chi connectivity index (χ0n) is 29.1. The molecule has 2 heterocycles. The van der Waals surface area contributed by atoms with Gasteiger partial charge in [0.25, 0.3) is 5.91 Å². The molecule has 6 aromatic rings. The third-order valence-corrected chi connectivity index (χ3v) is 8.42. The van der Waals surface area contributed by atoms with Crippen molar-refractivity contribution in [1.82, 2.24) is 25.0 Å². The van der Waals surface area contributed by atoms with E-state index in [4.69, 9.17) is 23.7 Å². The van der Waals surface area contributed by atoms with Crippen molar-refractivity contribution in [2.45, 2.75) is 25.5 Å². The minimum absolute atomic E-state index is 0.0225. The van der Waals surface area contributed by atoms with Crippen molar-refractivity contribution in [2.75, 3.05) is 26.6 Å². The van der Waals surface area contributed by atoms with E-state index in [0.717, 1.165) is 28.0 Å². The molecular formula is C38H36N6O8S. The molecule has 53 heavy (non-hydrogen) atoms. The molecule has 1 unspecified atom stereocenters. The van der Waals surface area contributed by atoms with Crippen molar-refractivity contribution in [2.24, 2.45) is 0 Å². The SMILES string of the molecule is COc1ccc(COc2nc(CS(=O)O)nc(OCc3ccc(OC)cc3)c2C(=O)Nc2ccc(-c3cn(Cc4ccc(OC)cc4)nn3)cc2)cc1. The number of aromatic nitrogens is 5. The third-order valence-electron chi connectivity index (χ3n) is 7.92. The molecule has 0 saturated heterocycles. The van der Waals surface area contributed by atoms with E-state index in [1.54, 1.807) is 62.4 Å². The van der Waals surface area contributed by atoms with Crippen molar-refractivity contribution >= 4 is 22.7 Å². The average Bonchev–Trinajstić information content (AvgIpc) is 3.65. The van der Waals surface area contributed by atoms with Crippen LogP contribution in [-0.4, -0.2) is 61.0 Å². The first kappa shape index (κ1) is 36.5. The van der Waals surface area contributed by atoms with Crippen LogP contribution in [-0.2, 0) is 36.6 Å². The van der Waals surface area contributed by atoms with Gasteiger partial charge >= 0.3 is 0 Å². The molecule has 272 valence electrons. The lowest BCUT2D eigenvalue weighted by atomic mass is 10.1. The van der Waals surface area contributed by atoms with Crippen LogP contribution in [0, 0.1) is 0 Å². The van der Waals surface area contributed by atoms with E-state index in [2.05, 4.69) is 25.6 Å². The first-order chi connectivity index (χ1) is 25.8. The second kappa shape index (κ2) is 17.3. The third kappa shape index (κ3) is 9.72. The van der Waals surface area contributed by atoms with Crippen molar-refractivity contribution in [1.29, 1.82) is 0 Å². The maximum Gasteiger partial charge on any atom is 0.266 e. The summed E-state index contributed by atoms with van der Waals surface area (Å²) in [6.45, 7) is 0.579. The number of carbonyl (C=O) groups is 1. The molecule has 0 bridgehead atoms. The lowest BCUT2D eigenvalue weighted by Crippen LogP contribution is -2.19. The summed E-state index contributed by atoms with van der Waals surface area (Å²) < 4.78 is 51.1. The van der Waals surface area contributed by atoms with E-state index in [-0.39, 0.29) is 36.4 Å². The number of anilines is 1. The Morgan fingerprint density at radius 2 is 1.21 bits per heavy atom. The van der Waals surface area contributed by atoms with Gasteiger partial charge in [0.05, 0.1) is 34.1 Å². The monoisotopic (exact) mass is 736 g/mol. The Kier molecular flexibility index (Phi) is 11.9. The van der Waals surface area contributed by atoms with Crippen molar-refractivity contribution < 1.29 is 37.2 Å². The van der Waals surface area contributed by atoms with Crippen LogP contribution in [0.15, 0.2) is 103 Å². The fourth-order valence-corrected chi connectivity index (χ4v) is 5.48. The van der Waals surface area contributed by atoms with Gasteiger partial charge in [0.2, 0.25) is 11.8 Å². The van der Waals surface area contributed by atoms with E-state index in [1.807, 2.05) is 66.9 Å². The highest BCUT2D eigenvalue weighted by atomic mass is 32.2. The van der Waals surface area contributed by atoms with Gasteiger partial charge in [-0.3, -0.25) is 4.79 Å². The normalized spacial score (nSPS) is 11.4. The Bertz CT molecular complexity index is 2090. The van der Waals surface area contributed by atoms with E-state index < -0.39 is 22.7 Å². The number of benzene rings is 4. The molecule has 0 saturated carbocycles. The lowest BCUT2D eigenvalue weighted by molar-refractivity contribution is 0.101. The zero-order valence-corrected chi connectivity index (χ0v) is 29.9. The van der Waals surface area contributed by atoms with Gasteiger partial charge in [-0.2, -0.15) is 9.97 Å². The van der Waals surface area contributed by atoms with Gasteiger partial charge in [0.1, 0.15) is 41.9 Å². The van der Waals surface area contributed by atoms with Crippen LogP contribution >= 0.6 is 0 Å². The Balaban J connectivity index is 1.25. The number of carbonyl (C=O) groups excluding carboxylic acids is 1. The van der Waals surface area contributed by atoms with E-state index in [1.165, 1.54) is 0 Å². The van der Waals surface area contributed by atoms with Crippen LogP contribution in [0.25, 0.3) is 11.3 Å². The molecule has 0 radical (unpaired) electrons. The first-order valence-corrected chi connectivity index (χ1v) is 17.5. The highest BCUT2D eigenvalue weighted by Gasteiger charge is 2.25. The highest BCUT2D eigenvalue weighted by Crippen LogP contribution is 2.30. The second-order valence-corrected chi connectivity index (χ2v) is 12.5. The van der Waals surface area contributed by atoms with Crippen LogP contribution in [0.1, 0.15) is 32.9 Å². The molecule has 0 aliphatic carbocycles. The molecule has 0 fully saturated rings. The molecule has 0 aliphatic heterocycles. The molecule has 0 spiro atoms. The summed E-state index contributed by atoms with van der Waals surface area (Å²) in [5.74, 6) is 0.803. The Morgan fingerprint density at radius 1 is 0.717 bits per heavy atom. The van der Waals surface area contributed by atoms with Crippen LogP contribution in [0.4, 0.5) is 5.69 Å². The smallest absolute Gasteiger partial charge is 0.266 e. The van der Waals surface area contributed by atoms with Crippen LogP contribution < -0.4 is 29.0 Å². The van der Waals surface area contributed by atoms with Gasteiger partial charge in [-0.25, -0.2) is 8.89 Å². The maximum absolute atomic E-state index is 14.0. The first-order valence-electron chi connectivity index (χ1n) is 16.2. The minimum Gasteiger partial charge on any atom is -0.497 e. The number of nitrogens with zero attached hydrogens (tertiary/aromatic N) is 5. The number of ether oxygens (including phenoxy) is 5. The fourth-order valence-electron chi connectivity index (χ4n) is 5.13. The summed E-state index contributed by atoms with van der Waals surface area (Å²) in [6.07, 6.45) is 1.84. The molecule has 1 amide bonds. The van der Waals surface area contributed by atoms with Crippen LogP contribution in [0.5, 0.6) is 29.0 Å². The van der Waals surface area contributed by atoms with Crippen LogP contribution in [0.2, 0.25) is 0 Å². The molecule has 4 aromatic carbocycles. The summed E-state index contributed by atoms with van der Waals surface area (Å²) >= 11 is -2.28. The average molecular weight is 737 g/mol. The largest absolute Gasteiger partial charge is 0.497 e. The standard InChI is InChI=1S/C38H36N6O8S/c1-48-30-14-4-25(5-15-30)20-44-21-33(42-43-44)28-10-12-29(13-11-28)39-36(45)35-37(51-22-26-6-16-31(49-2)17-7-26)40-34(24-53(46)47)41-38(35)52-23-27-8-18-32(50-3)19-9-27/h4-19,21H,20,22-24H2,1-3H3,(H,39,45)(H,46,47). The van der Waals surface area contributed by atoms with E-state index in [0.29, 0.717) is 29.4 Å². The quantitative estimate of drug-likeness (QED) is 0.112. The van der Waals surface area contributed by atoms with Gasteiger partial charge < -0.3 is 33.6 Å². The summed E-state index contributed by atoms with van der Waals surface area (Å²) in [5.41, 5.74) is 4.39. The topological polar surface area (TPSA) is 169 Å². The lowest BCUT2D eigenvalue weighted by Gasteiger charge is -2.16. The summed E-state index contributed by atoms with van der Waals surface area (Å²) in [6, 6.07) is 29.2. The molecule has 2 N–H and O–H groups in total. The number of hydrogen-bond acceptors (Lipinski definition) is 11. The Labute approximate surface area is 308 Å². The molecule has 1 atom stereocenters. The van der Waals surface area contributed by atoms with Crippen molar-refractivity contribution in [3.8, 4) is 40.3 Å². The fraction of sp³-hybridized carbons (Fsp3) is 0.184. The Hall–Kier alpha value is -6.32.